The molecule has 2 unspecified atom stereocenters. The molecular weight excluding hydrogens is 136 g/mol. The summed E-state index contributed by atoms with van der Waals surface area (Å²) in [7, 11) is 0. The second-order valence-corrected chi connectivity index (χ2v) is 2.20. The second-order valence-electron chi connectivity index (χ2n) is 2.20. The van der Waals surface area contributed by atoms with Gasteiger partial charge in [0, 0.05) is 6.58 Å². The average Bonchev–Trinajstić information content (AvgIpc) is 2.30. The van der Waals surface area contributed by atoms with E-state index in [1.54, 1.807) is 0 Å². The molecule has 1 heterocycles. The molecule has 1 saturated heterocycles. The van der Waals surface area contributed by atoms with Crippen LogP contribution in [-0.2, 0) is 9.53 Å². The van der Waals surface area contributed by atoms with Gasteiger partial charge in [0.15, 0.2) is 0 Å². The molecule has 0 aromatic heterocycles. The van der Waals surface area contributed by atoms with Crippen molar-refractivity contribution in [1.82, 2.24) is 0 Å². The van der Waals surface area contributed by atoms with Crippen LogP contribution in [0, 0.1) is 5.92 Å². The van der Waals surface area contributed by atoms with E-state index in [1.807, 2.05) is 0 Å². The number of hydrogen-bond acceptors (Lipinski definition) is 3. The average molecular weight is 148 g/mol. The Morgan fingerprint density at radius 3 is 3.00 bits per heavy atom. The van der Waals surface area contributed by atoms with Gasteiger partial charge in [0.05, 0.1) is 20.0 Å². The number of rotatable bonds is 2. The van der Waals surface area contributed by atoms with E-state index >= 15 is 0 Å². The van der Waals surface area contributed by atoms with Gasteiger partial charge in [0.25, 0.3) is 0 Å². The molecule has 1 aliphatic heterocycles. The third-order valence-electron chi connectivity index (χ3n) is 1.57. The second kappa shape index (κ2) is 2.98. The summed E-state index contributed by atoms with van der Waals surface area (Å²) in [5.41, 5.74) is 0. The standard InChI is InChI=1S/C6H10O4/c7-3-5-4(6(8)9)1-2-10-5/h4-5,7H,1-3H2,(H,8,9)/t4?,5-/m1/s1/i2T/t2?,4?,5-. The van der Waals surface area contributed by atoms with Crippen molar-refractivity contribution in [3.05, 3.63) is 0 Å². The minimum absolute atomic E-state index is 0.167. The molecule has 3 atom stereocenters. The lowest BCUT2D eigenvalue weighted by Gasteiger charge is -2.09. The molecule has 58 valence electrons. The van der Waals surface area contributed by atoms with Crippen LogP contribution in [0.4, 0.5) is 0 Å². The zero-order chi connectivity index (χ0) is 8.43. The normalized spacial score (nSPS) is 41.3. The zero-order valence-corrected chi connectivity index (χ0v) is 5.36. The summed E-state index contributed by atoms with van der Waals surface area (Å²) in [4.78, 5) is 10.4. The van der Waals surface area contributed by atoms with E-state index in [0.29, 0.717) is 0 Å². The fourth-order valence-electron chi connectivity index (χ4n) is 0.960. The van der Waals surface area contributed by atoms with Crippen LogP contribution in [0.2, 0.25) is 0 Å². The SMILES string of the molecule is [3H]C1CC(C(=O)O)[C@@H](CO)O1. The Bertz CT molecular complexity index is 161. The molecule has 0 aliphatic carbocycles. The van der Waals surface area contributed by atoms with E-state index < -0.39 is 24.6 Å². The molecule has 0 spiro atoms. The number of carbonyl (C=O) groups is 1. The lowest BCUT2D eigenvalue weighted by atomic mass is 10.0. The fourth-order valence-corrected chi connectivity index (χ4v) is 0.960. The van der Waals surface area contributed by atoms with Crippen molar-refractivity contribution in [3.63, 3.8) is 0 Å². The number of hydrogen-bond donors (Lipinski definition) is 2. The molecule has 0 aromatic carbocycles. The van der Waals surface area contributed by atoms with E-state index in [-0.39, 0.29) is 13.0 Å². The van der Waals surface area contributed by atoms with Gasteiger partial charge in [-0.1, -0.05) is 0 Å². The third-order valence-corrected chi connectivity index (χ3v) is 1.57. The number of ether oxygens (including phenoxy) is 1. The van der Waals surface area contributed by atoms with Crippen LogP contribution in [0.15, 0.2) is 0 Å². The number of carboxylic acids is 1. The highest BCUT2D eigenvalue weighted by Crippen LogP contribution is 2.20. The molecule has 0 bridgehead atoms. The minimum Gasteiger partial charge on any atom is -0.481 e. The Hall–Kier alpha value is -0.610. The molecule has 1 aliphatic rings. The predicted octanol–water partition coefficient (Wildman–Crippen LogP) is -0.532. The quantitative estimate of drug-likeness (QED) is 0.552. The monoisotopic (exact) mass is 148 g/mol. The highest BCUT2D eigenvalue weighted by molar-refractivity contribution is 5.71. The van der Waals surface area contributed by atoms with E-state index in [4.69, 9.17) is 16.3 Å². The molecule has 2 N–H and O–H groups in total. The molecule has 10 heavy (non-hydrogen) atoms. The van der Waals surface area contributed by atoms with E-state index in [0.717, 1.165) is 0 Å². The summed E-state index contributed by atoms with van der Waals surface area (Å²) < 4.78 is 11.9. The van der Waals surface area contributed by atoms with Gasteiger partial charge in [-0.25, -0.2) is 0 Å². The van der Waals surface area contributed by atoms with Crippen molar-refractivity contribution in [2.75, 3.05) is 13.2 Å². The van der Waals surface area contributed by atoms with Gasteiger partial charge >= 0.3 is 5.97 Å². The van der Waals surface area contributed by atoms with Gasteiger partial charge in [0.1, 0.15) is 0 Å². The molecule has 4 heteroatoms. The first-order chi connectivity index (χ1) is 5.15. The third kappa shape index (κ3) is 1.27. The molecule has 0 amide bonds. The van der Waals surface area contributed by atoms with Crippen molar-refractivity contribution in [2.45, 2.75) is 12.5 Å². The van der Waals surface area contributed by atoms with Gasteiger partial charge in [-0.3, -0.25) is 4.79 Å². The molecule has 0 aromatic rings. The predicted molar refractivity (Wildman–Crippen MR) is 32.6 cm³/mol. The van der Waals surface area contributed by atoms with Crippen molar-refractivity contribution in [1.29, 1.82) is 0 Å². The summed E-state index contributed by atoms with van der Waals surface area (Å²) in [6.45, 7) is -1.12. The number of carboxylic acid groups (broad SMARTS) is 1. The van der Waals surface area contributed by atoms with Gasteiger partial charge in [-0.2, -0.15) is 0 Å². The minimum atomic E-state index is -1.00. The summed E-state index contributed by atoms with van der Waals surface area (Å²) >= 11 is 0. The molecule has 1 fully saturated rings. The summed E-state index contributed by atoms with van der Waals surface area (Å²) in [6, 6.07) is 0. The van der Waals surface area contributed by atoms with Gasteiger partial charge < -0.3 is 14.9 Å². The topological polar surface area (TPSA) is 66.8 Å². The van der Waals surface area contributed by atoms with Gasteiger partial charge in [0.2, 0.25) is 0 Å². The van der Waals surface area contributed by atoms with Crippen LogP contribution >= 0.6 is 0 Å². The maximum Gasteiger partial charge on any atom is 0.309 e. The Labute approximate surface area is 59.8 Å². The Kier molecular flexibility index (Phi) is 1.83. The fraction of sp³-hybridized carbons (Fsp3) is 0.833. The molecule has 1 rings (SSSR count). The summed E-state index contributed by atoms with van der Waals surface area (Å²) in [6.07, 6.45) is -0.532. The molecule has 0 radical (unpaired) electrons. The molecular formula is C6H10O4. The number of aliphatic hydroxyl groups is 1. The maximum absolute atomic E-state index is 10.4. The lowest BCUT2D eigenvalue weighted by molar-refractivity contribution is -0.144. The van der Waals surface area contributed by atoms with Gasteiger partial charge in [-0.05, 0) is 6.42 Å². The molecule has 0 saturated carbocycles. The number of aliphatic carboxylic acids is 1. The Morgan fingerprint density at radius 2 is 2.60 bits per heavy atom. The molecule has 4 nitrogen and oxygen atoms in total. The Morgan fingerprint density at radius 1 is 1.90 bits per heavy atom. The highest BCUT2D eigenvalue weighted by atomic mass is 16.5. The smallest absolute Gasteiger partial charge is 0.309 e. The summed E-state index contributed by atoms with van der Waals surface area (Å²) in [5, 5.41) is 17.2. The summed E-state index contributed by atoms with van der Waals surface area (Å²) in [5.74, 6) is -1.72. The zero-order valence-electron chi connectivity index (χ0n) is 6.36. The van der Waals surface area contributed by atoms with Crippen LogP contribution in [0.3, 0.4) is 0 Å². The maximum atomic E-state index is 10.4. The number of aliphatic hydroxyl groups excluding tert-OH is 1. The first kappa shape index (κ1) is 6.12. The van der Waals surface area contributed by atoms with E-state index in [1.165, 1.54) is 0 Å². The van der Waals surface area contributed by atoms with Crippen molar-refractivity contribution < 1.29 is 21.1 Å². The van der Waals surface area contributed by atoms with Gasteiger partial charge in [-0.15, -0.1) is 0 Å². The Balaban J connectivity index is 2.57. The van der Waals surface area contributed by atoms with Crippen LogP contribution in [0.1, 0.15) is 7.79 Å². The van der Waals surface area contributed by atoms with Crippen LogP contribution in [0.25, 0.3) is 0 Å². The van der Waals surface area contributed by atoms with Crippen molar-refractivity contribution in [2.24, 2.45) is 5.92 Å². The first-order valence-corrected chi connectivity index (χ1v) is 3.06. The highest BCUT2D eigenvalue weighted by Gasteiger charge is 2.33. The van der Waals surface area contributed by atoms with Crippen LogP contribution in [-0.4, -0.2) is 35.5 Å². The lowest BCUT2D eigenvalue weighted by Crippen LogP contribution is -2.26. The van der Waals surface area contributed by atoms with Crippen LogP contribution < -0.4 is 0 Å². The van der Waals surface area contributed by atoms with Crippen LogP contribution in [0.5, 0.6) is 0 Å². The van der Waals surface area contributed by atoms with Crippen molar-refractivity contribution >= 4 is 5.97 Å². The largest absolute Gasteiger partial charge is 0.481 e. The van der Waals surface area contributed by atoms with E-state index in [2.05, 4.69) is 0 Å². The van der Waals surface area contributed by atoms with Crippen molar-refractivity contribution in [3.8, 4) is 0 Å². The van der Waals surface area contributed by atoms with E-state index in [9.17, 15) is 4.79 Å². The first-order valence-electron chi connectivity index (χ1n) is 3.64.